The molecule has 2 aromatic rings. The first-order chi connectivity index (χ1) is 9.08. The number of rotatable bonds is 4. The number of aromatic nitrogens is 2. The molecule has 0 radical (unpaired) electrons. The highest BCUT2D eigenvalue weighted by atomic mass is 19.2. The smallest absolute Gasteiger partial charge is 0.339 e. The maximum Gasteiger partial charge on any atom is 0.339 e. The minimum absolute atomic E-state index is 0.0776. The van der Waals surface area contributed by atoms with Crippen molar-refractivity contribution in [3.05, 3.63) is 53.6 Å². The van der Waals surface area contributed by atoms with Crippen molar-refractivity contribution in [2.45, 2.75) is 6.61 Å². The van der Waals surface area contributed by atoms with Crippen LogP contribution in [0.15, 0.2) is 30.7 Å². The summed E-state index contributed by atoms with van der Waals surface area (Å²) in [5, 5.41) is 8.90. The molecule has 0 saturated heterocycles. The summed E-state index contributed by atoms with van der Waals surface area (Å²) in [5.74, 6) is -3.14. The lowest BCUT2D eigenvalue weighted by molar-refractivity contribution is 0.0692. The molecule has 98 valence electrons. The Hall–Kier alpha value is -2.57. The van der Waals surface area contributed by atoms with E-state index < -0.39 is 17.6 Å². The molecule has 5 nitrogen and oxygen atoms in total. The number of hydrogen-bond acceptors (Lipinski definition) is 4. The minimum atomic E-state index is -1.19. The summed E-state index contributed by atoms with van der Waals surface area (Å²) in [7, 11) is 0. The van der Waals surface area contributed by atoms with Crippen LogP contribution in [0.5, 0.6) is 5.75 Å². The zero-order valence-electron chi connectivity index (χ0n) is 9.51. The predicted molar refractivity (Wildman–Crippen MR) is 59.7 cm³/mol. The Kier molecular flexibility index (Phi) is 3.65. The summed E-state index contributed by atoms with van der Waals surface area (Å²) in [5.41, 5.74) is 0.0392. The van der Waals surface area contributed by atoms with Crippen LogP contribution in [0.3, 0.4) is 0 Å². The summed E-state index contributed by atoms with van der Waals surface area (Å²) in [4.78, 5) is 18.2. The van der Waals surface area contributed by atoms with E-state index in [0.29, 0.717) is 0 Å². The molecular weight excluding hydrogens is 258 g/mol. The number of carbonyl (C=O) groups is 1. The standard InChI is InChI=1S/C12H8F2N2O3/c13-9-2-1-7(3-10(9)14)19-5-11-8(12(17)18)4-15-6-16-11/h1-4,6H,5H2,(H,17,18). The number of nitrogens with zero attached hydrogens (tertiary/aromatic N) is 2. The Morgan fingerprint density at radius 1 is 1.32 bits per heavy atom. The Morgan fingerprint density at radius 2 is 2.11 bits per heavy atom. The van der Waals surface area contributed by atoms with Gasteiger partial charge in [0.2, 0.25) is 0 Å². The fourth-order valence-electron chi connectivity index (χ4n) is 1.37. The van der Waals surface area contributed by atoms with Crippen molar-refractivity contribution < 1.29 is 23.4 Å². The molecule has 1 N–H and O–H groups in total. The molecule has 0 atom stereocenters. The quantitative estimate of drug-likeness (QED) is 0.916. The topological polar surface area (TPSA) is 72.3 Å². The van der Waals surface area contributed by atoms with Crippen molar-refractivity contribution in [3.63, 3.8) is 0 Å². The number of carboxylic acid groups (broad SMARTS) is 1. The molecular formula is C12H8F2N2O3. The van der Waals surface area contributed by atoms with Crippen LogP contribution in [0.4, 0.5) is 8.78 Å². The number of carboxylic acids is 1. The highest BCUT2D eigenvalue weighted by Gasteiger charge is 2.12. The molecule has 0 spiro atoms. The molecule has 1 aromatic carbocycles. The lowest BCUT2D eigenvalue weighted by atomic mass is 10.2. The van der Waals surface area contributed by atoms with Gasteiger partial charge in [-0.3, -0.25) is 0 Å². The minimum Gasteiger partial charge on any atom is -0.487 e. The molecule has 0 aliphatic rings. The molecule has 0 fully saturated rings. The summed E-state index contributed by atoms with van der Waals surface area (Å²) < 4.78 is 30.8. The molecule has 0 bridgehead atoms. The van der Waals surface area contributed by atoms with Crippen molar-refractivity contribution in [2.75, 3.05) is 0 Å². The van der Waals surface area contributed by atoms with Crippen LogP contribution in [-0.2, 0) is 6.61 Å². The van der Waals surface area contributed by atoms with Crippen LogP contribution in [-0.4, -0.2) is 21.0 Å². The Balaban J connectivity index is 2.14. The van der Waals surface area contributed by atoms with Gasteiger partial charge in [0.25, 0.3) is 0 Å². The highest BCUT2D eigenvalue weighted by Crippen LogP contribution is 2.17. The third-order valence-corrected chi connectivity index (χ3v) is 2.29. The van der Waals surface area contributed by atoms with Gasteiger partial charge in [0, 0.05) is 12.3 Å². The van der Waals surface area contributed by atoms with Gasteiger partial charge in [-0.1, -0.05) is 0 Å². The number of halogens is 2. The van der Waals surface area contributed by atoms with Gasteiger partial charge in [-0.05, 0) is 12.1 Å². The molecule has 0 aliphatic heterocycles. The SMILES string of the molecule is O=C(O)c1cncnc1COc1ccc(F)c(F)c1. The number of ether oxygens (including phenoxy) is 1. The van der Waals surface area contributed by atoms with E-state index in [1.807, 2.05) is 0 Å². The van der Waals surface area contributed by atoms with Gasteiger partial charge in [-0.15, -0.1) is 0 Å². The number of aromatic carboxylic acids is 1. The molecule has 1 heterocycles. The van der Waals surface area contributed by atoms with E-state index in [1.165, 1.54) is 12.4 Å². The van der Waals surface area contributed by atoms with Gasteiger partial charge in [0.15, 0.2) is 11.6 Å². The second kappa shape index (κ2) is 5.38. The zero-order chi connectivity index (χ0) is 13.8. The van der Waals surface area contributed by atoms with Crippen molar-refractivity contribution in [1.29, 1.82) is 0 Å². The van der Waals surface area contributed by atoms with E-state index in [4.69, 9.17) is 9.84 Å². The maximum atomic E-state index is 12.9. The van der Waals surface area contributed by atoms with Crippen LogP contribution in [0.25, 0.3) is 0 Å². The zero-order valence-corrected chi connectivity index (χ0v) is 9.51. The summed E-state index contributed by atoms with van der Waals surface area (Å²) in [6.07, 6.45) is 2.32. The summed E-state index contributed by atoms with van der Waals surface area (Å²) in [6.45, 7) is -0.185. The van der Waals surface area contributed by atoms with Crippen molar-refractivity contribution in [3.8, 4) is 5.75 Å². The number of hydrogen-bond donors (Lipinski definition) is 1. The lowest BCUT2D eigenvalue weighted by Crippen LogP contribution is -2.08. The largest absolute Gasteiger partial charge is 0.487 e. The van der Waals surface area contributed by atoms with Gasteiger partial charge < -0.3 is 9.84 Å². The molecule has 0 saturated carbocycles. The fourth-order valence-corrected chi connectivity index (χ4v) is 1.37. The van der Waals surface area contributed by atoms with Crippen molar-refractivity contribution in [1.82, 2.24) is 9.97 Å². The van der Waals surface area contributed by atoms with Crippen LogP contribution < -0.4 is 4.74 Å². The van der Waals surface area contributed by atoms with E-state index in [1.54, 1.807) is 0 Å². The second-order valence-electron chi connectivity index (χ2n) is 3.55. The molecule has 0 aliphatic carbocycles. The van der Waals surface area contributed by atoms with Gasteiger partial charge in [-0.25, -0.2) is 23.5 Å². The molecule has 19 heavy (non-hydrogen) atoms. The van der Waals surface area contributed by atoms with E-state index in [2.05, 4.69) is 9.97 Å². The van der Waals surface area contributed by atoms with Gasteiger partial charge in [-0.2, -0.15) is 0 Å². The maximum absolute atomic E-state index is 12.9. The molecule has 0 amide bonds. The monoisotopic (exact) mass is 266 g/mol. The summed E-state index contributed by atoms with van der Waals surface area (Å²) >= 11 is 0. The van der Waals surface area contributed by atoms with Crippen molar-refractivity contribution >= 4 is 5.97 Å². The summed E-state index contributed by atoms with van der Waals surface area (Å²) in [6, 6.07) is 3.03. The Morgan fingerprint density at radius 3 is 2.79 bits per heavy atom. The van der Waals surface area contributed by atoms with Gasteiger partial charge in [0.05, 0.1) is 5.69 Å². The lowest BCUT2D eigenvalue weighted by Gasteiger charge is -2.07. The normalized spacial score (nSPS) is 10.2. The Bertz CT molecular complexity index is 620. The van der Waals surface area contributed by atoms with Crippen LogP contribution in [0, 0.1) is 11.6 Å². The fraction of sp³-hybridized carbons (Fsp3) is 0.0833. The number of benzene rings is 1. The van der Waals surface area contributed by atoms with Crippen molar-refractivity contribution in [2.24, 2.45) is 0 Å². The average Bonchev–Trinajstić information content (AvgIpc) is 2.40. The van der Waals surface area contributed by atoms with Gasteiger partial charge >= 0.3 is 5.97 Å². The van der Waals surface area contributed by atoms with Crippen LogP contribution >= 0.6 is 0 Å². The van der Waals surface area contributed by atoms with Crippen LogP contribution in [0.2, 0.25) is 0 Å². The molecule has 1 aromatic heterocycles. The third-order valence-electron chi connectivity index (χ3n) is 2.29. The molecule has 0 unspecified atom stereocenters. The van der Waals surface area contributed by atoms with E-state index in [-0.39, 0.29) is 23.6 Å². The first-order valence-corrected chi connectivity index (χ1v) is 5.18. The van der Waals surface area contributed by atoms with E-state index in [0.717, 1.165) is 18.3 Å². The van der Waals surface area contributed by atoms with Gasteiger partial charge in [0.1, 0.15) is 24.2 Å². The Labute approximate surface area is 106 Å². The molecule has 7 heteroatoms. The second-order valence-corrected chi connectivity index (χ2v) is 3.55. The first-order valence-electron chi connectivity index (χ1n) is 5.18. The van der Waals surface area contributed by atoms with Crippen LogP contribution in [0.1, 0.15) is 16.1 Å². The van der Waals surface area contributed by atoms with E-state index >= 15 is 0 Å². The average molecular weight is 266 g/mol. The van der Waals surface area contributed by atoms with E-state index in [9.17, 15) is 13.6 Å². The molecule has 2 rings (SSSR count). The first kappa shape index (κ1) is 12.9. The predicted octanol–water partition coefficient (Wildman–Crippen LogP) is 2.03. The third kappa shape index (κ3) is 3.01. The highest BCUT2D eigenvalue weighted by molar-refractivity contribution is 5.88.